The lowest BCUT2D eigenvalue weighted by Gasteiger charge is -2.37. The summed E-state index contributed by atoms with van der Waals surface area (Å²) in [5, 5.41) is 8.71. The second-order valence-electron chi connectivity index (χ2n) is 4.27. The van der Waals surface area contributed by atoms with Crippen molar-refractivity contribution in [2.45, 2.75) is 25.2 Å². The molecule has 0 saturated carbocycles. The minimum Gasteiger partial charge on any atom is -0.450 e. The van der Waals surface area contributed by atoms with Crippen molar-refractivity contribution < 1.29 is 24.1 Å². The van der Waals surface area contributed by atoms with Gasteiger partial charge in [0.25, 0.3) is 0 Å². The van der Waals surface area contributed by atoms with Crippen molar-refractivity contribution in [2.75, 3.05) is 13.2 Å². The average Bonchev–Trinajstić information content (AvgIpc) is 2.40. The van der Waals surface area contributed by atoms with E-state index in [9.17, 15) is 4.79 Å². The third-order valence-electron chi connectivity index (χ3n) is 3.02. The lowest BCUT2D eigenvalue weighted by atomic mass is 10.0. The Morgan fingerprint density at radius 2 is 2.00 bits per heavy atom. The van der Waals surface area contributed by atoms with Crippen LogP contribution in [-0.2, 0) is 14.2 Å². The molecule has 0 aromatic heterocycles. The van der Waals surface area contributed by atoms with E-state index in [-0.39, 0.29) is 13.2 Å². The molecule has 0 atom stereocenters. The lowest BCUT2D eigenvalue weighted by Crippen LogP contribution is -2.47. The predicted octanol–water partition coefficient (Wildman–Crippen LogP) is 2.58. The number of rotatable bonds is 3. The van der Waals surface area contributed by atoms with E-state index in [1.165, 1.54) is 0 Å². The Bertz CT molecular complexity index is 395. The van der Waals surface area contributed by atoms with Gasteiger partial charge in [0.05, 0.1) is 13.2 Å². The van der Waals surface area contributed by atoms with Crippen LogP contribution in [0.3, 0.4) is 0 Å². The Kier molecular flexibility index (Phi) is 3.84. The summed E-state index contributed by atoms with van der Waals surface area (Å²) in [4.78, 5) is 10.6. The number of ether oxygens (including phenoxy) is 3. The highest BCUT2D eigenvalue weighted by Crippen LogP contribution is 2.30. The molecular weight excluding hydrogens is 236 g/mol. The fourth-order valence-corrected chi connectivity index (χ4v) is 1.87. The molecule has 1 aliphatic heterocycles. The zero-order valence-electron chi connectivity index (χ0n) is 10.2. The molecule has 1 saturated heterocycles. The summed E-state index contributed by atoms with van der Waals surface area (Å²) in [7, 11) is 0. The second kappa shape index (κ2) is 5.37. The molecule has 1 aliphatic rings. The Morgan fingerprint density at radius 3 is 2.50 bits per heavy atom. The molecule has 0 spiro atoms. The molecule has 0 radical (unpaired) electrons. The Balaban J connectivity index is 2.00. The number of hydrogen-bond acceptors (Lipinski definition) is 4. The first-order valence-electron chi connectivity index (χ1n) is 5.85. The van der Waals surface area contributed by atoms with E-state index in [1.54, 1.807) is 0 Å². The van der Waals surface area contributed by atoms with E-state index in [4.69, 9.17) is 19.3 Å². The third-order valence-corrected chi connectivity index (χ3v) is 3.02. The monoisotopic (exact) mass is 252 g/mol. The Hall–Kier alpha value is -1.59. The summed E-state index contributed by atoms with van der Waals surface area (Å²) < 4.78 is 16.0. The normalized spacial score (nSPS) is 27.7. The summed E-state index contributed by atoms with van der Waals surface area (Å²) in [6.07, 6.45) is -1.24. The predicted molar refractivity (Wildman–Crippen MR) is 63.2 cm³/mol. The first kappa shape index (κ1) is 12.9. The van der Waals surface area contributed by atoms with Gasteiger partial charge in [0, 0.05) is 5.56 Å². The number of carboxylic acid groups (broad SMARTS) is 1. The van der Waals surface area contributed by atoms with Crippen molar-refractivity contribution >= 4 is 6.16 Å². The van der Waals surface area contributed by atoms with E-state index in [2.05, 4.69) is 0 Å². The van der Waals surface area contributed by atoms with Gasteiger partial charge in [-0.15, -0.1) is 0 Å². The molecule has 1 aromatic carbocycles. The van der Waals surface area contributed by atoms with Crippen LogP contribution in [0, 0.1) is 0 Å². The quantitative estimate of drug-likeness (QED) is 0.837. The van der Waals surface area contributed by atoms with Crippen molar-refractivity contribution in [2.24, 2.45) is 0 Å². The highest BCUT2D eigenvalue weighted by Gasteiger charge is 2.39. The van der Waals surface area contributed by atoms with Crippen LogP contribution in [0.25, 0.3) is 0 Å². The van der Waals surface area contributed by atoms with Crippen LogP contribution in [0.2, 0.25) is 0 Å². The zero-order chi connectivity index (χ0) is 13.0. The zero-order valence-corrected chi connectivity index (χ0v) is 10.2. The molecule has 1 fully saturated rings. The molecule has 5 nitrogen and oxygen atoms in total. The van der Waals surface area contributed by atoms with Gasteiger partial charge in [0.15, 0.2) is 11.9 Å². The largest absolute Gasteiger partial charge is 0.506 e. The summed E-state index contributed by atoms with van der Waals surface area (Å²) in [5.74, 6) is 0. The maximum absolute atomic E-state index is 10.6. The molecule has 1 aromatic rings. The molecule has 98 valence electrons. The molecule has 0 unspecified atom stereocenters. The molecule has 5 heteroatoms. The maximum atomic E-state index is 10.6. The molecule has 1 N–H and O–H groups in total. The molecule has 2 rings (SSSR count). The van der Waals surface area contributed by atoms with Crippen molar-refractivity contribution in [1.29, 1.82) is 0 Å². The highest BCUT2D eigenvalue weighted by atomic mass is 16.7. The van der Waals surface area contributed by atoms with Crippen LogP contribution < -0.4 is 0 Å². The van der Waals surface area contributed by atoms with E-state index < -0.39 is 18.0 Å². The Morgan fingerprint density at radius 1 is 1.39 bits per heavy atom. The van der Waals surface area contributed by atoms with Gasteiger partial charge in [-0.1, -0.05) is 37.3 Å². The summed E-state index contributed by atoms with van der Waals surface area (Å²) >= 11 is 0. The second-order valence-corrected chi connectivity index (χ2v) is 4.27. The van der Waals surface area contributed by atoms with Crippen molar-refractivity contribution in [1.82, 2.24) is 0 Å². The van der Waals surface area contributed by atoms with Gasteiger partial charge in [0.2, 0.25) is 0 Å². The lowest BCUT2D eigenvalue weighted by molar-refractivity contribution is -0.259. The van der Waals surface area contributed by atoms with Gasteiger partial charge in [-0.3, -0.25) is 0 Å². The minimum absolute atomic E-state index is 0.204. The number of carbonyl (C=O) groups is 1. The van der Waals surface area contributed by atoms with Gasteiger partial charge in [-0.2, -0.15) is 0 Å². The molecular formula is C13H16O5. The summed E-state index contributed by atoms with van der Waals surface area (Å²) in [5.41, 5.74) is 0.0226. The summed E-state index contributed by atoms with van der Waals surface area (Å²) in [6.45, 7) is 2.25. The molecule has 18 heavy (non-hydrogen) atoms. The van der Waals surface area contributed by atoms with Gasteiger partial charge < -0.3 is 19.3 Å². The molecule has 0 bridgehead atoms. The van der Waals surface area contributed by atoms with Crippen LogP contribution in [0.15, 0.2) is 30.3 Å². The minimum atomic E-state index is -1.30. The standard InChI is InChI=1S/C13H16O5/c1-2-13(18-12(14)15)8-16-11(17-9-13)10-6-4-3-5-7-10/h3-7,11H,2,8-9H2,1H3,(H,14,15). The Labute approximate surface area is 105 Å². The smallest absolute Gasteiger partial charge is 0.450 e. The van der Waals surface area contributed by atoms with Gasteiger partial charge in [0.1, 0.15) is 0 Å². The molecule has 0 amide bonds. The van der Waals surface area contributed by atoms with E-state index in [0.29, 0.717) is 6.42 Å². The SMILES string of the molecule is CCC1(OC(=O)O)COC(c2ccccc2)OC1. The van der Waals surface area contributed by atoms with Gasteiger partial charge in [-0.05, 0) is 6.42 Å². The van der Waals surface area contributed by atoms with Crippen LogP contribution in [-0.4, -0.2) is 30.1 Å². The van der Waals surface area contributed by atoms with Crippen molar-refractivity contribution in [3.05, 3.63) is 35.9 Å². The molecule has 1 heterocycles. The first-order chi connectivity index (χ1) is 8.65. The highest BCUT2D eigenvalue weighted by molar-refractivity contribution is 5.57. The fraction of sp³-hybridized carbons (Fsp3) is 0.462. The van der Waals surface area contributed by atoms with Crippen LogP contribution in [0.1, 0.15) is 25.2 Å². The van der Waals surface area contributed by atoms with Crippen LogP contribution in [0.4, 0.5) is 4.79 Å². The average molecular weight is 252 g/mol. The van der Waals surface area contributed by atoms with E-state index in [0.717, 1.165) is 5.56 Å². The van der Waals surface area contributed by atoms with Crippen molar-refractivity contribution in [3.8, 4) is 0 Å². The third kappa shape index (κ3) is 2.80. The van der Waals surface area contributed by atoms with E-state index in [1.807, 2.05) is 37.3 Å². The van der Waals surface area contributed by atoms with Gasteiger partial charge >= 0.3 is 6.16 Å². The van der Waals surface area contributed by atoms with Crippen molar-refractivity contribution in [3.63, 3.8) is 0 Å². The number of benzene rings is 1. The first-order valence-corrected chi connectivity index (χ1v) is 5.85. The topological polar surface area (TPSA) is 65.0 Å². The fourth-order valence-electron chi connectivity index (χ4n) is 1.87. The van der Waals surface area contributed by atoms with Crippen LogP contribution >= 0.6 is 0 Å². The van der Waals surface area contributed by atoms with Crippen LogP contribution in [0.5, 0.6) is 0 Å². The van der Waals surface area contributed by atoms with Gasteiger partial charge in [-0.25, -0.2) is 4.79 Å². The maximum Gasteiger partial charge on any atom is 0.506 e. The van der Waals surface area contributed by atoms with E-state index >= 15 is 0 Å². The molecule has 0 aliphatic carbocycles. The summed E-state index contributed by atoms with van der Waals surface area (Å²) in [6, 6.07) is 9.52. The number of hydrogen-bond donors (Lipinski definition) is 1.